The number of nitrogens with one attached hydrogen (secondary N) is 1. The van der Waals surface area contributed by atoms with Gasteiger partial charge in [-0.25, -0.2) is 0 Å². The molecule has 1 amide bonds. The molecule has 0 bridgehead atoms. The standard InChI is InChI=1S/C13H26N2O/c1-13(2,14)10-15-12(16)9-11-7-5-3-4-6-8-11/h11H,3-10,14H2,1-2H3,(H,15,16). The third kappa shape index (κ3) is 6.11. The van der Waals surface area contributed by atoms with Crippen LogP contribution in [-0.2, 0) is 4.79 Å². The highest BCUT2D eigenvalue weighted by Crippen LogP contribution is 2.25. The van der Waals surface area contributed by atoms with E-state index in [1.807, 2.05) is 13.8 Å². The largest absolute Gasteiger partial charge is 0.354 e. The first-order chi connectivity index (χ1) is 7.47. The molecule has 0 aromatic rings. The Morgan fingerprint density at radius 1 is 1.25 bits per heavy atom. The Kier molecular flexibility index (Phi) is 5.26. The van der Waals surface area contributed by atoms with E-state index >= 15 is 0 Å². The lowest BCUT2D eigenvalue weighted by Crippen LogP contribution is -2.45. The van der Waals surface area contributed by atoms with Gasteiger partial charge in [0, 0.05) is 18.5 Å². The highest BCUT2D eigenvalue weighted by atomic mass is 16.1. The molecular weight excluding hydrogens is 200 g/mol. The fourth-order valence-corrected chi connectivity index (χ4v) is 2.23. The molecule has 94 valence electrons. The van der Waals surface area contributed by atoms with E-state index in [0.29, 0.717) is 18.9 Å². The van der Waals surface area contributed by atoms with E-state index in [1.165, 1.54) is 38.5 Å². The predicted octanol–water partition coefficient (Wildman–Crippen LogP) is 2.20. The van der Waals surface area contributed by atoms with Gasteiger partial charge in [-0.3, -0.25) is 4.79 Å². The van der Waals surface area contributed by atoms with Gasteiger partial charge >= 0.3 is 0 Å². The Balaban J connectivity index is 2.22. The van der Waals surface area contributed by atoms with Crippen molar-refractivity contribution in [2.75, 3.05) is 6.54 Å². The van der Waals surface area contributed by atoms with Crippen molar-refractivity contribution in [3.8, 4) is 0 Å². The molecule has 16 heavy (non-hydrogen) atoms. The maximum atomic E-state index is 11.7. The van der Waals surface area contributed by atoms with Gasteiger partial charge in [0.2, 0.25) is 5.91 Å². The second kappa shape index (κ2) is 6.24. The summed E-state index contributed by atoms with van der Waals surface area (Å²) in [5.74, 6) is 0.772. The van der Waals surface area contributed by atoms with Crippen LogP contribution in [-0.4, -0.2) is 18.0 Å². The summed E-state index contributed by atoms with van der Waals surface area (Å²) >= 11 is 0. The molecule has 0 saturated heterocycles. The van der Waals surface area contributed by atoms with Crippen LogP contribution in [0.15, 0.2) is 0 Å². The molecular formula is C13H26N2O. The number of hydrogen-bond acceptors (Lipinski definition) is 2. The third-order valence-corrected chi connectivity index (χ3v) is 3.19. The van der Waals surface area contributed by atoms with Crippen LogP contribution in [0, 0.1) is 5.92 Å². The van der Waals surface area contributed by atoms with Crippen LogP contribution >= 0.6 is 0 Å². The number of carbonyl (C=O) groups is 1. The fraction of sp³-hybridized carbons (Fsp3) is 0.923. The highest BCUT2D eigenvalue weighted by Gasteiger charge is 2.17. The summed E-state index contributed by atoms with van der Waals surface area (Å²) in [5.41, 5.74) is 5.52. The second-order valence-electron chi connectivity index (χ2n) is 5.83. The third-order valence-electron chi connectivity index (χ3n) is 3.19. The summed E-state index contributed by atoms with van der Waals surface area (Å²) in [6, 6.07) is 0. The summed E-state index contributed by atoms with van der Waals surface area (Å²) in [4.78, 5) is 11.7. The molecule has 3 N–H and O–H groups in total. The molecule has 0 radical (unpaired) electrons. The lowest BCUT2D eigenvalue weighted by Gasteiger charge is -2.20. The van der Waals surface area contributed by atoms with Gasteiger partial charge in [0.05, 0.1) is 0 Å². The van der Waals surface area contributed by atoms with Crippen molar-refractivity contribution in [1.82, 2.24) is 5.32 Å². The van der Waals surface area contributed by atoms with Gasteiger partial charge in [-0.15, -0.1) is 0 Å². The van der Waals surface area contributed by atoms with Crippen LogP contribution in [0.5, 0.6) is 0 Å². The fourth-order valence-electron chi connectivity index (χ4n) is 2.23. The topological polar surface area (TPSA) is 55.1 Å². The van der Waals surface area contributed by atoms with E-state index in [0.717, 1.165) is 0 Å². The molecule has 0 heterocycles. The predicted molar refractivity (Wildman–Crippen MR) is 67.1 cm³/mol. The summed E-state index contributed by atoms with van der Waals surface area (Å²) in [7, 11) is 0. The lowest BCUT2D eigenvalue weighted by atomic mass is 9.96. The second-order valence-corrected chi connectivity index (χ2v) is 5.83. The van der Waals surface area contributed by atoms with Crippen LogP contribution in [0.2, 0.25) is 0 Å². The van der Waals surface area contributed by atoms with Gasteiger partial charge in [0.15, 0.2) is 0 Å². The van der Waals surface area contributed by atoms with Gasteiger partial charge in [0.1, 0.15) is 0 Å². The van der Waals surface area contributed by atoms with Crippen LogP contribution in [0.1, 0.15) is 58.8 Å². The normalized spacial score (nSPS) is 19.2. The van der Waals surface area contributed by atoms with E-state index in [4.69, 9.17) is 5.73 Å². The molecule has 0 atom stereocenters. The average molecular weight is 226 g/mol. The lowest BCUT2D eigenvalue weighted by molar-refractivity contribution is -0.122. The van der Waals surface area contributed by atoms with Crippen LogP contribution in [0.25, 0.3) is 0 Å². The number of carbonyl (C=O) groups excluding carboxylic acids is 1. The van der Waals surface area contributed by atoms with Crippen LogP contribution in [0.3, 0.4) is 0 Å². The van der Waals surface area contributed by atoms with Crippen molar-refractivity contribution in [2.45, 2.75) is 64.3 Å². The average Bonchev–Trinajstić information content (AvgIpc) is 2.42. The molecule has 0 aromatic carbocycles. The smallest absolute Gasteiger partial charge is 0.220 e. The first-order valence-corrected chi connectivity index (χ1v) is 6.53. The molecule has 3 nitrogen and oxygen atoms in total. The van der Waals surface area contributed by atoms with Gasteiger partial charge in [-0.2, -0.15) is 0 Å². The first-order valence-electron chi connectivity index (χ1n) is 6.53. The van der Waals surface area contributed by atoms with Gasteiger partial charge in [-0.05, 0) is 32.6 Å². The summed E-state index contributed by atoms with van der Waals surface area (Å²) in [5, 5.41) is 2.93. The van der Waals surface area contributed by atoms with E-state index in [-0.39, 0.29) is 11.4 Å². The van der Waals surface area contributed by atoms with Crippen molar-refractivity contribution < 1.29 is 4.79 Å². The van der Waals surface area contributed by atoms with Crippen molar-refractivity contribution in [3.05, 3.63) is 0 Å². The zero-order valence-electron chi connectivity index (χ0n) is 10.7. The Bertz CT molecular complexity index is 212. The SMILES string of the molecule is CC(C)(N)CNC(=O)CC1CCCCCC1. The molecule has 0 spiro atoms. The molecule has 1 aliphatic carbocycles. The van der Waals surface area contributed by atoms with Crippen molar-refractivity contribution in [3.63, 3.8) is 0 Å². The van der Waals surface area contributed by atoms with Gasteiger partial charge in [0.25, 0.3) is 0 Å². The quantitative estimate of drug-likeness (QED) is 0.722. The van der Waals surface area contributed by atoms with E-state index in [1.54, 1.807) is 0 Å². The first kappa shape index (κ1) is 13.5. The number of hydrogen-bond donors (Lipinski definition) is 2. The molecule has 0 aliphatic heterocycles. The van der Waals surface area contributed by atoms with Gasteiger partial charge in [-0.1, -0.05) is 25.7 Å². The number of nitrogens with two attached hydrogens (primary N) is 1. The molecule has 1 fully saturated rings. The maximum absolute atomic E-state index is 11.7. The Labute approximate surface area is 99.2 Å². The molecule has 0 aromatic heterocycles. The van der Waals surface area contributed by atoms with Crippen molar-refractivity contribution in [1.29, 1.82) is 0 Å². The Hall–Kier alpha value is -0.570. The molecule has 1 aliphatic rings. The Morgan fingerprint density at radius 3 is 2.31 bits per heavy atom. The Morgan fingerprint density at radius 2 is 1.81 bits per heavy atom. The van der Waals surface area contributed by atoms with Crippen molar-refractivity contribution in [2.24, 2.45) is 11.7 Å². The summed E-state index contributed by atoms with van der Waals surface area (Å²) in [6.45, 7) is 4.43. The molecule has 0 unspecified atom stereocenters. The zero-order valence-corrected chi connectivity index (χ0v) is 10.7. The number of amides is 1. The minimum Gasteiger partial charge on any atom is -0.354 e. The van der Waals surface area contributed by atoms with E-state index < -0.39 is 0 Å². The van der Waals surface area contributed by atoms with E-state index in [9.17, 15) is 4.79 Å². The summed E-state index contributed by atoms with van der Waals surface area (Å²) in [6.07, 6.45) is 8.40. The minimum absolute atomic E-state index is 0.172. The highest BCUT2D eigenvalue weighted by molar-refractivity contribution is 5.76. The summed E-state index contributed by atoms with van der Waals surface area (Å²) < 4.78 is 0. The van der Waals surface area contributed by atoms with E-state index in [2.05, 4.69) is 5.32 Å². The monoisotopic (exact) mass is 226 g/mol. The van der Waals surface area contributed by atoms with Crippen molar-refractivity contribution >= 4 is 5.91 Å². The van der Waals surface area contributed by atoms with Crippen LogP contribution in [0.4, 0.5) is 0 Å². The number of rotatable bonds is 4. The molecule has 1 rings (SSSR count). The maximum Gasteiger partial charge on any atom is 0.220 e. The molecule has 3 heteroatoms. The molecule has 1 saturated carbocycles. The zero-order chi connectivity index (χ0) is 12.0. The van der Waals surface area contributed by atoms with Gasteiger partial charge < -0.3 is 11.1 Å². The minimum atomic E-state index is -0.306. The van der Waals surface area contributed by atoms with Crippen LogP contribution < -0.4 is 11.1 Å².